The maximum absolute atomic E-state index is 2.46. The number of hydrogen-bond acceptors (Lipinski definition) is 0. The predicted octanol–water partition coefficient (Wildman–Crippen LogP) is 5.05. The molecule has 0 heterocycles. The third-order valence-corrected chi connectivity index (χ3v) is 2.86. The first-order valence-corrected chi connectivity index (χ1v) is 6.40. The van der Waals surface area contributed by atoms with Gasteiger partial charge in [0.2, 0.25) is 0 Å². The van der Waals surface area contributed by atoms with Crippen LogP contribution in [-0.2, 0) is 0 Å². The van der Waals surface area contributed by atoms with Crippen molar-refractivity contribution in [3.8, 4) is 0 Å². The van der Waals surface area contributed by atoms with Gasteiger partial charge in [0.25, 0.3) is 0 Å². The van der Waals surface area contributed by atoms with E-state index in [2.05, 4.69) is 32.9 Å². The first-order chi connectivity index (χ1) is 6.72. The molecule has 0 N–H and O–H groups in total. The summed E-state index contributed by atoms with van der Waals surface area (Å²) in [7, 11) is 0. The second kappa shape index (κ2) is 8.08. The highest BCUT2D eigenvalue weighted by molar-refractivity contribution is 4.97. The molecular formula is C14H28. The van der Waals surface area contributed by atoms with E-state index in [0.29, 0.717) is 0 Å². The van der Waals surface area contributed by atoms with Gasteiger partial charge in [-0.15, -0.1) is 0 Å². The molecule has 0 amide bonds. The van der Waals surface area contributed by atoms with Crippen LogP contribution in [0.2, 0.25) is 0 Å². The summed E-state index contributed by atoms with van der Waals surface area (Å²) in [6, 6.07) is 0. The lowest BCUT2D eigenvalue weighted by Crippen LogP contribution is -2.09. The van der Waals surface area contributed by atoms with Crippen molar-refractivity contribution in [3.05, 3.63) is 12.2 Å². The van der Waals surface area contributed by atoms with Gasteiger partial charge in [-0.3, -0.25) is 0 Å². The van der Waals surface area contributed by atoms with Crippen LogP contribution in [0.1, 0.15) is 60.3 Å². The molecule has 1 rings (SSSR count). The molecule has 1 aliphatic carbocycles. The summed E-state index contributed by atoms with van der Waals surface area (Å²) in [4.78, 5) is 0. The molecule has 2 unspecified atom stereocenters. The van der Waals surface area contributed by atoms with Crippen LogP contribution in [0.15, 0.2) is 12.2 Å². The normalized spacial score (nSPS) is 25.9. The van der Waals surface area contributed by atoms with Crippen LogP contribution < -0.4 is 0 Å². The van der Waals surface area contributed by atoms with Crippen molar-refractivity contribution in [2.45, 2.75) is 60.3 Å². The lowest BCUT2D eigenvalue weighted by molar-refractivity contribution is 0.389. The van der Waals surface area contributed by atoms with Crippen LogP contribution >= 0.6 is 0 Å². The standard InChI is InChI=1S/C12H22.C2H6/c1-4-11-5-7-12(8-6-11)9-10(2)3;1-2/h5,7,10-12H,4,6,8-9H2,1-3H3;1-2H3. The van der Waals surface area contributed by atoms with E-state index >= 15 is 0 Å². The fourth-order valence-corrected chi connectivity index (χ4v) is 2.08. The average molecular weight is 196 g/mol. The summed E-state index contributed by atoms with van der Waals surface area (Å²) in [5, 5.41) is 0. The van der Waals surface area contributed by atoms with E-state index in [1.54, 1.807) is 0 Å². The molecule has 0 nitrogen and oxygen atoms in total. The molecular weight excluding hydrogens is 168 g/mol. The molecule has 84 valence electrons. The molecule has 2 atom stereocenters. The van der Waals surface area contributed by atoms with Crippen molar-refractivity contribution >= 4 is 0 Å². The van der Waals surface area contributed by atoms with Crippen molar-refractivity contribution in [1.82, 2.24) is 0 Å². The molecule has 0 aromatic heterocycles. The van der Waals surface area contributed by atoms with E-state index in [9.17, 15) is 0 Å². The Kier molecular flexibility index (Phi) is 7.93. The largest absolute Gasteiger partial charge is 0.0852 e. The van der Waals surface area contributed by atoms with Crippen molar-refractivity contribution in [2.24, 2.45) is 17.8 Å². The highest BCUT2D eigenvalue weighted by Crippen LogP contribution is 2.28. The molecule has 0 radical (unpaired) electrons. The van der Waals surface area contributed by atoms with Gasteiger partial charge < -0.3 is 0 Å². The molecule has 14 heavy (non-hydrogen) atoms. The second-order valence-corrected chi connectivity index (χ2v) is 4.52. The van der Waals surface area contributed by atoms with E-state index in [1.165, 1.54) is 25.7 Å². The van der Waals surface area contributed by atoms with Crippen LogP contribution in [0.25, 0.3) is 0 Å². The highest BCUT2D eigenvalue weighted by Gasteiger charge is 2.14. The zero-order chi connectivity index (χ0) is 11.0. The van der Waals surface area contributed by atoms with E-state index in [4.69, 9.17) is 0 Å². The van der Waals surface area contributed by atoms with Gasteiger partial charge in [0.15, 0.2) is 0 Å². The minimum Gasteiger partial charge on any atom is -0.0852 e. The molecule has 0 bridgehead atoms. The Labute approximate surface area is 90.8 Å². The van der Waals surface area contributed by atoms with Crippen LogP contribution in [0.5, 0.6) is 0 Å². The Hall–Kier alpha value is -0.260. The lowest BCUT2D eigenvalue weighted by Gasteiger charge is -2.23. The molecule has 0 fully saturated rings. The Bertz CT molecular complexity index is 144. The van der Waals surface area contributed by atoms with E-state index in [1.807, 2.05) is 13.8 Å². The quantitative estimate of drug-likeness (QED) is 0.554. The van der Waals surface area contributed by atoms with Gasteiger partial charge in [-0.2, -0.15) is 0 Å². The molecule has 1 aliphatic rings. The zero-order valence-electron chi connectivity index (χ0n) is 10.7. The van der Waals surface area contributed by atoms with Crippen LogP contribution in [0, 0.1) is 17.8 Å². The Morgan fingerprint density at radius 1 is 1.07 bits per heavy atom. The maximum Gasteiger partial charge on any atom is -0.0231 e. The average Bonchev–Trinajstić information content (AvgIpc) is 2.21. The number of rotatable bonds is 3. The summed E-state index contributed by atoms with van der Waals surface area (Å²) >= 11 is 0. The number of allylic oxidation sites excluding steroid dienone is 2. The van der Waals surface area contributed by atoms with Crippen molar-refractivity contribution < 1.29 is 0 Å². The van der Waals surface area contributed by atoms with Gasteiger partial charge in [-0.05, 0) is 43.4 Å². The summed E-state index contributed by atoms with van der Waals surface area (Å²) in [6.07, 6.45) is 10.4. The van der Waals surface area contributed by atoms with E-state index in [0.717, 1.165) is 17.8 Å². The van der Waals surface area contributed by atoms with Crippen LogP contribution in [0.4, 0.5) is 0 Å². The zero-order valence-corrected chi connectivity index (χ0v) is 10.7. The Morgan fingerprint density at radius 3 is 1.93 bits per heavy atom. The van der Waals surface area contributed by atoms with Crippen molar-refractivity contribution in [2.75, 3.05) is 0 Å². The molecule has 0 heteroatoms. The SMILES string of the molecule is CC.CCC1C=CC(CC(C)C)CC1. The number of hydrogen-bond donors (Lipinski definition) is 0. The third-order valence-electron chi connectivity index (χ3n) is 2.86. The molecule has 0 saturated carbocycles. The first-order valence-electron chi connectivity index (χ1n) is 6.40. The fraction of sp³-hybridized carbons (Fsp3) is 0.857. The van der Waals surface area contributed by atoms with Crippen LogP contribution in [-0.4, -0.2) is 0 Å². The fourth-order valence-electron chi connectivity index (χ4n) is 2.08. The summed E-state index contributed by atoms with van der Waals surface area (Å²) in [5.74, 6) is 2.62. The van der Waals surface area contributed by atoms with Crippen LogP contribution in [0.3, 0.4) is 0 Å². The van der Waals surface area contributed by atoms with Gasteiger partial charge in [0.1, 0.15) is 0 Å². The third kappa shape index (κ3) is 5.47. The maximum atomic E-state index is 2.46. The molecule has 0 spiro atoms. The minimum absolute atomic E-state index is 0.859. The second-order valence-electron chi connectivity index (χ2n) is 4.52. The van der Waals surface area contributed by atoms with E-state index in [-0.39, 0.29) is 0 Å². The van der Waals surface area contributed by atoms with Gasteiger partial charge in [-0.1, -0.05) is 46.8 Å². The van der Waals surface area contributed by atoms with Gasteiger partial charge in [0.05, 0.1) is 0 Å². The van der Waals surface area contributed by atoms with Gasteiger partial charge in [0, 0.05) is 0 Å². The van der Waals surface area contributed by atoms with Crippen molar-refractivity contribution in [1.29, 1.82) is 0 Å². The smallest absolute Gasteiger partial charge is 0.0231 e. The van der Waals surface area contributed by atoms with E-state index < -0.39 is 0 Å². The summed E-state index contributed by atoms with van der Waals surface area (Å²) < 4.78 is 0. The Balaban J connectivity index is 0.000000791. The molecule has 0 saturated heterocycles. The molecule has 0 aliphatic heterocycles. The predicted molar refractivity (Wildman–Crippen MR) is 66.4 cm³/mol. The molecule has 0 aromatic rings. The topological polar surface area (TPSA) is 0 Å². The Morgan fingerprint density at radius 2 is 1.57 bits per heavy atom. The van der Waals surface area contributed by atoms with Gasteiger partial charge in [-0.25, -0.2) is 0 Å². The summed E-state index contributed by atoms with van der Waals surface area (Å²) in [6.45, 7) is 10.9. The molecule has 0 aromatic carbocycles. The first kappa shape index (κ1) is 13.7. The highest BCUT2D eigenvalue weighted by atomic mass is 14.2. The lowest BCUT2D eigenvalue weighted by atomic mass is 9.83. The summed E-state index contributed by atoms with van der Waals surface area (Å²) in [5.41, 5.74) is 0. The van der Waals surface area contributed by atoms with Gasteiger partial charge >= 0.3 is 0 Å². The monoisotopic (exact) mass is 196 g/mol. The minimum atomic E-state index is 0.859. The van der Waals surface area contributed by atoms with Crippen molar-refractivity contribution in [3.63, 3.8) is 0 Å².